The van der Waals surface area contributed by atoms with Crippen LogP contribution in [0.5, 0.6) is 5.75 Å². The molecule has 0 amide bonds. The Kier molecular flexibility index (Phi) is 3.64. The topological polar surface area (TPSA) is 12.5 Å². The first-order valence-electron chi connectivity index (χ1n) is 7.40. The largest absolute Gasteiger partial charge is 0.453 e. The van der Waals surface area contributed by atoms with Crippen LogP contribution in [0.25, 0.3) is 0 Å². The summed E-state index contributed by atoms with van der Waals surface area (Å²) in [7, 11) is 0. The van der Waals surface area contributed by atoms with E-state index in [9.17, 15) is 0 Å². The number of rotatable bonds is 3. The van der Waals surface area contributed by atoms with Crippen LogP contribution in [0.1, 0.15) is 32.1 Å². The van der Waals surface area contributed by atoms with Crippen LogP contribution in [0.3, 0.4) is 0 Å². The highest BCUT2D eigenvalue weighted by Crippen LogP contribution is 2.41. The second kappa shape index (κ2) is 5.58. The number of hydrogen-bond acceptors (Lipinski definition) is 2. The second-order valence-corrected chi connectivity index (χ2v) is 5.39. The van der Waals surface area contributed by atoms with E-state index in [4.69, 9.17) is 4.74 Å². The molecule has 0 saturated heterocycles. The predicted molar refractivity (Wildman–Crippen MR) is 83.8 cm³/mol. The minimum absolute atomic E-state index is 0.539. The number of anilines is 1. The molecule has 1 aliphatic carbocycles. The summed E-state index contributed by atoms with van der Waals surface area (Å²) in [6.07, 6.45) is 10.1. The zero-order chi connectivity index (χ0) is 13.9. The van der Waals surface area contributed by atoms with Gasteiger partial charge in [-0.05, 0) is 37.1 Å². The monoisotopic (exact) mass is 267 g/mol. The summed E-state index contributed by atoms with van der Waals surface area (Å²) >= 11 is 0. The molecule has 3 rings (SSSR count). The average Bonchev–Trinajstić information content (AvgIpc) is 2.53. The average molecular weight is 267 g/mol. The van der Waals surface area contributed by atoms with Crippen LogP contribution in [0, 0.1) is 0 Å². The van der Waals surface area contributed by atoms with Gasteiger partial charge in [-0.2, -0.15) is 0 Å². The van der Waals surface area contributed by atoms with Gasteiger partial charge in [-0.3, -0.25) is 0 Å². The zero-order valence-corrected chi connectivity index (χ0v) is 11.8. The smallest absolute Gasteiger partial charge is 0.151 e. The lowest BCUT2D eigenvalue weighted by molar-refractivity contribution is 0.391. The van der Waals surface area contributed by atoms with Gasteiger partial charge in [-0.1, -0.05) is 44.6 Å². The number of nitrogens with zero attached hydrogens (tertiary/aromatic N) is 1. The number of ether oxygens (including phenoxy) is 1. The van der Waals surface area contributed by atoms with Gasteiger partial charge < -0.3 is 9.64 Å². The van der Waals surface area contributed by atoms with Crippen molar-refractivity contribution in [3.63, 3.8) is 0 Å². The predicted octanol–water partition coefficient (Wildman–Crippen LogP) is 4.80. The molecule has 0 bridgehead atoms. The minimum atomic E-state index is 0.539. The van der Waals surface area contributed by atoms with Crippen LogP contribution < -0.4 is 9.64 Å². The molecule has 1 heterocycles. The number of allylic oxidation sites excluding steroid dienone is 2. The molecule has 0 aromatic heterocycles. The van der Waals surface area contributed by atoms with Crippen LogP contribution in [-0.4, -0.2) is 6.04 Å². The summed E-state index contributed by atoms with van der Waals surface area (Å²) in [5.74, 6) is 1.72. The van der Waals surface area contributed by atoms with Gasteiger partial charge >= 0.3 is 0 Å². The van der Waals surface area contributed by atoms with Gasteiger partial charge in [0.05, 0.1) is 11.4 Å². The van der Waals surface area contributed by atoms with Crippen LogP contribution in [0.15, 0.2) is 61.0 Å². The molecule has 1 aromatic carbocycles. The molecule has 104 valence electrons. The molecule has 0 unspecified atom stereocenters. The van der Waals surface area contributed by atoms with Crippen molar-refractivity contribution in [2.24, 2.45) is 0 Å². The fourth-order valence-electron chi connectivity index (χ4n) is 3.24. The van der Waals surface area contributed by atoms with Crippen molar-refractivity contribution in [2.45, 2.75) is 38.1 Å². The Morgan fingerprint density at radius 2 is 1.80 bits per heavy atom. The summed E-state index contributed by atoms with van der Waals surface area (Å²) in [6.45, 7) is 7.85. The molecule has 0 N–H and O–H groups in total. The maximum Gasteiger partial charge on any atom is 0.151 e. The van der Waals surface area contributed by atoms with E-state index in [1.807, 2.05) is 18.2 Å². The highest BCUT2D eigenvalue weighted by molar-refractivity contribution is 5.68. The molecule has 1 aromatic rings. The molecule has 1 aliphatic heterocycles. The van der Waals surface area contributed by atoms with Gasteiger partial charge in [0.15, 0.2) is 11.5 Å². The molecule has 1 fully saturated rings. The van der Waals surface area contributed by atoms with Crippen molar-refractivity contribution in [1.82, 2.24) is 0 Å². The highest BCUT2D eigenvalue weighted by Gasteiger charge is 2.30. The first-order valence-corrected chi connectivity index (χ1v) is 7.40. The summed E-state index contributed by atoms with van der Waals surface area (Å²) in [5.41, 5.74) is 2.20. The minimum Gasteiger partial charge on any atom is -0.453 e. The Hall–Kier alpha value is -1.96. The number of fused-ring (bicyclic) bond motifs is 1. The lowest BCUT2D eigenvalue weighted by atomic mass is 9.92. The Labute approximate surface area is 121 Å². The van der Waals surface area contributed by atoms with Crippen LogP contribution in [0.2, 0.25) is 0 Å². The third kappa shape index (κ3) is 2.15. The van der Waals surface area contributed by atoms with E-state index < -0.39 is 0 Å². The Balaban J connectivity index is 2.08. The van der Waals surface area contributed by atoms with Crippen molar-refractivity contribution in [3.8, 4) is 5.75 Å². The molecule has 2 heteroatoms. The van der Waals surface area contributed by atoms with Crippen molar-refractivity contribution in [1.29, 1.82) is 0 Å². The molecular weight excluding hydrogens is 246 g/mol. The van der Waals surface area contributed by atoms with Gasteiger partial charge in [0.2, 0.25) is 0 Å². The van der Waals surface area contributed by atoms with Crippen LogP contribution in [-0.2, 0) is 0 Å². The fourth-order valence-corrected chi connectivity index (χ4v) is 3.24. The molecule has 0 spiro atoms. The van der Waals surface area contributed by atoms with Crippen molar-refractivity contribution >= 4 is 5.69 Å². The van der Waals surface area contributed by atoms with E-state index in [1.54, 1.807) is 6.08 Å². The van der Waals surface area contributed by atoms with E-state index >= 15 is 0 Å². The zero-order valence-electron chi connectivity index (χ0n) is 11.8. The quantitative estimate of drug-likeness (QED) is 0.780. The number of hydrogen-bond donors (Lipinski definition) is 0. The van der Waals surface area contributed by atoms with Gasteiger partial charge in [0.25, 0.3) is 0 Å². The van der Waals surface area contributed by atoms with Crippen molar-refractivity contribution < 1.29 is 4.74 Å². The third-order valence-corrected chi connectivity index (χ3v) is 4.18. The summed E-state index contributed by atoms with van der Waals surface area (Å²) < 4.78 is 5.95. The van der Waals surface area contributed by atoms with Gasteiger partial charge in [-0.15, -0.1) is 0 Å². The van der Waals surface area contributed by atoms with E-state index in [1.165, 1.54) is 32.1 Å². The van der Waals surface area contributed by atoms with E-state index in [2.05, 4.69) is 30.2 Å². The number of benzene rings is 1. The lowest BCUT2D eigenvalue weighted by Gasteiger charge is -2.40. The van der Waals surface area contributed by atoms with Crippen LogP contribution in [0.4, 0.5) is 5.69 Å². The Morgan fingerprint density at radius 3 is 2.50 bits per heavy atom. The summed E-state index contributed by atoms with van der Waals surface area (Å²) in [5, 5.41) is 0. The maximum absolute atomic E-state index is 5.95. The first kappa shape index (κ1) is 13.0. The van der Waals surface area contributed by atoms with Crippen LogP contribution >= 0.6 is 0 Å². The SMILES string of the molecule is C=CC1=C(C=C)N(C2CCCCC2)c2ccccc2O1. The molecule has 1 saturated carbocycles. The Bertz CT molecular complexity index is 552. The number of para-hydroxylation sites is 2. The standard InChI is InChI=1S/C18H21NO/c1-3-15-17(4-2)20-18-13-9-8-12-16(18)19(15)14-10-6-5-7-11-14/h3-4,8-9,12-14H,1-2,5-7,10-11H2. The van der Waals surface area contributed by atoms with Gasteiger partial charge in [0, 0.05) is 6.04 Å². The fraction of sp³-hybridized carbons (Fsp3) is 0.333. The molecule has 0 atom stereocenters. The second-order valence-electron chi connectivity index (χ2n) is 5.39. The third-order valence-electron chi connectivity index (χ3n) is 4.18. The van der Waals surface area contributed by atoms with Crippen molar-refractivity contribution in [3.05, 3.63) is 61.0 Å². The normalized spacial score (nSPS) is 19.3. The van der Waals surface area contributed by atoms with E-state index in [-0.39, 0.29) is 0 Å². The summed E-state index contributed by atoms with van der Waals surface area (Å²) in [4.78, 5) is 2.40. The molecule has 0 radical (unpaired) electrons. The molecule has 2 aliphatic rings. The summed E-state index contributed by atoms with van der Waals surface area (Å²) in [6, 6.07) is 8.77. The van der Waals surface area contributed by atoms with E-state index in [0.29, 0.717) is 6.04 Å². The first-order chi connectivity index (χ1) is 9.85. The van der Waals surface area contributed by atoms with Crippen molar-refractivity contribution in [2.75, 3.05) is 4.90 Å². The molecule has 20 heavy (non-hydrogen) atoms. The highest BCUT2D eigenvalue weighted by atomic mass is 16.5. The Morgan fingerprint density at radius 1 is 1.05 bits per heavy atom. The molecular formula is C18H21NO. The van der Waals surface area contributed by atoms with Gasteiger partial charge in [0.1, 0.15) is 0 Å². The van der Waals surface area contributed by atoms with E-state index in [0.717, 1.165) is 22.9 Å². The molecule has 2 nitrogen and oxygen atoms in total. The van der Waals surface area contributed by atoms with Gasteiger partial charge in [-0.25, -0.2) is 0 Å². The lowest BCUT2D eigenvalue weighted by Crippen LogP contribution is -2.38. The maximum atomic E-state index is 5.95.